The molecule has 0 radical (unpaired) electrons. The molecular weight excluding hydrogens is 319 g/mol. The number of aryl methyl sites for hydroxylation is 2. The third kappa shape index (κ3) is 3.28. The normalized spacial score (nSPS) is 12.7. The van der Waals surface area contributed by atoms with E-state index in [9.17, 15) is 0 Å². The summed E-state index contributed by atoms with van der Waals surface area (Å²) in [7, 11) is 0. The van der Waals surface area contributed by atoms with Crippen LogP contribution in [-0.2, 0) is 12.8 Å². The number of benzene rings is 1. The molecule has 0 saturated carbocycles. The smallest absolute Gasteiger partial charge is 0.0994 e. The molecule has 4 heteroatoms. The van der Waals surface area contributed by atoms with Gasteiger partial charge in [-0.05, 0) is 35.6 Å². The van der Waals surface area contributed by atoms with Gasteiger partial charge in [0, 0.05) is 5.56 Å². The van der Waals surface area contributed by atoms with Crippen molar-refractivity contribution >= 4 is 46.1 Å². The van der Waals surface area contributed by atoms with Crippen LogP contribution in [0.1, 0.15) is 41.5 Å². The van der Waals surface area contributed by atoms with E-state index >= 15 is 0 Å². The van der Waals surface area contributed by atoms with E-state index < -0.39 is 0 Å². The van der Waals surface area contributed by atoms with Crippen molar-refractivity contribution in [1.29, 1.82) is 0 Å². The van der Waals surface area contributed by atoms with E-state index in [-0.39, 0.29) is 5.38 Å². The van der Waals surface area contributed by atoms with Crippen LogP contribution in [0, 0.1) is 0 Å². The maximum Gasteiger partial charge on any atom is 0.0994 e. The fourth-order valence-corrected chi connectivity index (χ4v) is 4.14. The number of rotatable bonds is 4. The molecule has 19 heavy (non-hydrogen) atoms. The van der Waals surface area contributed by atoms with Crippen molar-refractivity contribution in [3.8, 4) is 0 Å². The summed E-state index contributed by atoms with van der Waals surface area (Å²) in [5.74, 6) is 0. The van der Waals surface area contributed by atoms with Gasteiger partial charge in [-0.2, -0.15) is 0 Å². The van der Waals surface area contributed by atoms with Gasteiger partial charge in [0.15, 0.2) is 0 Å². The van der Waals surface area contributed by atoms with Gasteiger partial charge in [0.1, 0.15) is 0 Å². The first-order valence-corrected chi connectivity index (χ1v) is 8.28. The number of alkyl halides is 1. The summed E-state index contributed by atoms with van der Waals surface area (Å²) in [6.07, 6.45) is 2.06. The maximum absolute atomic E-state index is 6.54. The van der Waals surface area contributed by atoms with Crippen molar-refractivity contribution in [2.45, 2.75) is 32.1 Å². The quantitative estimate of drug-likeness (QED) is 0.560. The fourth-order valence-electron chi connectivity index (χ4n) is 2.18. The zero-order chi connectivity index (χ0) is 14.0. The molecule has 0 spiro atoms. The highest BCUT2D eigenvalue weighted by atomic mass is 35.5. The van der Waals surface area contributed by atoms with Crippen LogP contribution in [0.4, 0.5) is 0 Å². The Bertz CT molecular complexity index is 575. The molecule has 1 aromatic carbocycles. The van der Waals surface area contributed by atoms with Crippen molar-refractivity contribution in [3.63, 3.8) is 0 Å². The Morgan fingerprint density at radius 2 is 1.74 bits per heavy atom. The molecule has 0 amide bonds. The highest BCUT2D eigenvalue weighted by Gasteiger charge is 2.18. The highest BCUT2D eigenvalue weighted by Crippen LogP contribution is 2.40. The molecule has 1 aromatic heterocycles. The standard InChI is InChI=1S/C15H15Cl3S/c1-3-9-5-6-11(7-10(9)4-2)14(17)12-8-13(16)19-15(12)18/h5-8,14H,3-4H2,1-2H3. The minimum absolute atomic E-state index is 0.243. The lowest BCUT2D eigenvalue weighted by molar-refractivity contribution is 1.02. The van der Waals surface area contributed by atoms with Gasteiger partial charge in [-0.3, -0.25) is 0 Å². The van der Waals surface area contributed by atoms with E-state index in [0.29, 0.717) is 8.67 Å². The number of hydrogen-bond acceptors (Lipinski definition) is 1. The van der Waals surface area contributed by atoms with Gasteiger partial charge in [-0.1, -0.05) is 55.2 Å². The SMILES string of the molecule is CCc1ccc(C(Cl)c2cc(Cl)sc2Cl)cc1CC. The molecule has 2 rings (SSSR count). The Morgan fingerprint density at radius 1 is 1.05 bits per heavy atom. The molecule has 1 heterocycles. The van der Waals surface area contributed by atoms with Crippen molar-refractivity contribution < 1.29 is 0 Å². The minimum Gasteiger partial charge on any atom is -0.113 e. The van der Waals surface area contributed by atoms with Crippen LogP contribution in [0.5, 0.6) is 0 Å². The molecule has 1 atom stereocenters. The number of thiophene rings is 1. The van der Waals surface area contributed by atoms with Crippen LogP contribution in [0.15, 0.2) is 24.3 Å². The summed E-state index contributed by atoms with van der Waals surface area (Å²) in [6, 6.07) is 8.27. The van der Waals surface area contributed by atoms with Crippen LogP contribution in [-0.4, -0.2) is 0 Å². The topological polar surface area (TPSA) is 0 Å². The fraction of sp³-hybridized carbons (Fsp3) is 0.333. The maximum atomic E-state index is 6.54. The van der Waals surface area contributed by atoms with Gasteiger partial charge in [0.25, 0.3) is 0 Å². The number of hydrogen-bond donors (Lipinski definition) is 0. The summed E-state index contributed by atoms with van der Waals surface area (Å²) in [4.78, 5) is 0. The molecule has 0 N–H and O–H groups in total. The molecule has 2 aromatic rings. The van der Waals surface area contributed by atoms with E-state index in [4.69, 9.17) is 34.8 Å². The Balaban J connectivity index is 2.39. The first-order valence-electron chi connectivity index (χ1n) is 6.27. The summed E-state index contributed by atoms with van der Waals surface area (Å²) in [6.45, 7) is 4.33. The van der Waals surface area contributed by atoms with Crippen LogP contribution < -0.4 is 0 Å². The highest BCUT2D eigenvalue weighted by molar-refractivity contribution is 7.20. The van der Waals surface area contributed by atoms with Crippen molar-refractivity contribution in [1.82, 2.24) is 0 Å². The Labute approximate surface area is 133 Å². The lowest BCUT2D eigenvalue weighted by atomic mass is 9.97. The lowest BCUT2D eigenvalue weighted by Crippen LogP contribution is -1.97. The Morgan fingerprint density at radius 3 is 2.26 bits per heavy atom. The number of halogens is 3. The Hall–Kier alpha value is -0.210. The van der Waals surface area contributed by atoms with E-state index in [2.05, 4.69) is 32.0 Å². The van der Waals surface area contributed by atoms with Gasteiger partial charge in [0.05, 0.1) is 14.0 Å². The molecule has 0 aliphatic rings. The predicted molar refractivity (Wildman–Crippen MR) is 87.2 cm³/mol. The zero-order valence-electron chi connectivity index (χ0n) is 10.8. The third-order valence-corrected chi connectivity index (χ3v) is 5.25. The predicted octanol–water partition coefficient (Wildman–Crippen LogP) is 6.51. The summed E-state index contributed by atoms with van der Waals surface area (Å²) in [5, 5.41) is -0.243. The van der Waals surface area contributed by atoms with E-state index in [1.54, 1.807) is 0 Å². The van der Waals surface area contributed by atoms with Crippen LogP contribution >= 0.6 is 46.1 Å². The summed E-state index contributed by atoms with van der Waals surface area (Å²) < 4.78 is 1.34. The summed E-state index contributed by atoms with van der Waals surface area (Å²) in [5.41, 5.74) is 4.70. The third-order valence-electron chi connectivity index (χ3n) is 3.24. The van der Waals surface area contributed by atoms with Crippen molar-refractivity contribution in [2.24, 2.45) is 0 Å². The zero-order valence-corrected chi connectivity index (χ0v) is 13.9. The van der Waals surface area contributed by atoms with Gasteiger partial charge in [-0.15, -0.1) is 22.9 Å². The second-order valence-electron chi connectivity index (χ2n) is 4.38. The van der Waals surface area contributed by atoms with E-state index in [1.165, 1.54) is 22.5 Å². The van der Waals surface area contributed by atoms with Crippen LogP contribution in [0.3, 0.4) is 0 Å². The largest absolute Gasteiger partial charge is 0.113 e. The molecule has 102 valence electrons. The van der Waals surface area contributed by atoms with Crippen molar-refractivity contribution in [2.75, 3.05) is 0 Å². The van der Waals surface area contributed by atoms with Gasteiger partial charge >= 0.3 is 0 Å². The monoisotopic (exact) mass is 332 g/mol. The van der Waals surface area contributed by atoms with Gasteiger partial charge in [-0.25, -0.2) is 0 Å². The van der Waals surface area contributed by atoms with Crippen LogP contribution in [0.25, 0.3) is 0 Å². The minimum atomic E-state index is -0.243. The second kappa shape index (κ2) is 6.49. The van der Waals surface area contributed by atoms with Gasteiger partial charge in [0.2, 0.25) is 0 Å². The van der Waals surface area contributed by atoms with Crippen LogP contribution in [0.2, 0.25) is 8.67 Å². The van der Waals surface area contributed by atoms with Gasteiger partial charge < -0.3 is 0 Å². The molecule has 0 fully saturated rings. The molecular formula is C15H15Cl3S. The average molecular weight is 334 g/mol. The second-order valence-corrected chi connectivity index (χ2v) is 7.10. The molecule has 0 bridgehead atoms. The summed E-state index contributed by atoms with van der Waals surface area (Å²) >= 11 is 20.0. The first kappa shape index (κ1) is 15.2. The molecule has 0 aliphatic carbocycles. The average Bonchev–Trinajstić information content (AvgIpc) is 2.76. The lowest BCUT2D eigenvalue weighted by Gasteiger charge is -2.13. The molecule has 0 nitrogen and oxygen atoms in total. The van der Waals surface area contributed by atoms with E-state index in [1.807, 2.05) is 6.07 Å². The van der Waals surface area contributed by atoms with E-state index in [0.717, 1.165) is 24.0 Å². The molecule has 0 saturated heterocycles. The Kier molecular flexibility index (Phi) is 5.19. The molecule has 1 unspecified atom stereocenters. The van der Waals surface area contributed by atoms with Crippen molar-refractivity contribution in [3.05, 3.63) is 55.2 Å². The molecule has 0 aliphatic heterocycles. The first-order chi connectivity index (χ1) is 9.06.